The fraction of sp³-hybridized carbons (Fsp3) is 0.415. The number of thiophene rings is 1. The average Bonchev–Trinajstić information content (AvgIpc) is 3.66. The molecular formula is C53H60BN3S. The number of pyridine rings is 1. The fourth-order valence-electron chi connectivity index (χ4n) is 12.0. The van der Waals surface area contributed by atoms with Crippen LogP contribution in [-0.4, -0.2) is 11.7 Å². The van der Waals surface area contributed by atoms with Crippen molar-refractivity contribution in [1.82, 2.24) is 4.98 Å². The van der Waals surface area contributed by atoms with E-state index >= 15 is 0 Å². The SMILES string of the molecule is CC(C)(C)c1ccc(N2c3nccc4c3B(c3cc5c(cc3N4c3ccc4c(c3)C(C)(C)CC4(C)C)C(C)(C)CC5(C)C)c3sc4ccc(C(C)(C)C)cc4c32)cc1. The van der Waals surface area contributed by atoms with Crippen LogP contribution in [0.15, 0.2) is 85.1 Å². The predicted molar refractivity (Wildman–Crippen MR) is 252 cm³/mol. The van der Waals surface area contributed by atoms with E-state index in [1.54, 1.807) is 0 Å². The molecule has 0 unspecified atom stereocenters. The highest BCUT2D eigenvalue weighted by Crippen LogP contribution is 2.55. The smallest absolute Gasteiger partial charge is 0.266 e. The Balaban J connectivity index is 1.31. The average molecular weight is 782 g/mol. The Morgan fingerprint density at radius 3 is 1.78 bits per heavy atom. The normalized spacial score (nSPS) is 19.2. The van der Waals surface area contributed by atoms with Gasteiger partial charge in [0, 0.05) is 43.8 Å². The molecule has 2 aliphatic heterocycles. The van der Waals surface area contributed by atoms with Gasteiger partial charge in [-0.3, -0.25) is 4.90 Å². The zero-order valence-corrected chi connectivity index (χ0v) is 38.1. The van der Waals surface area contributed by atoms with Gasteiger partial charge < -0.3 is 4.90 Å². The molecule has 4 aliphatic rings. The monoisotopic (exact) mass is 781 g/mol. The third-order valence-corrected chi connectivity index (χ3v) is 15.6. The van der Waals surface area contributed by atoms with E-state index in [1.807, 2.05) is 11.3 Å². The Bertz CT molecular complexity index is 2710. The maximum absolute atomic E-state index is 5.43. The van der Waals surface area contributed by atoms with Gasteiger partial charge >= 0.3 is 0 Å². The standard InChI is InChI=1S/C53H60BN3S/c1-48(2,3)31-15-18-33(19-16-31)57-45-35-25-32(49(4,5)6)17-22-43(35)58-46(45)54-40-27-38-39(53(13,14)30-52(38,11)12)28-42(40)56(41-23-24-55-47(57)44(41)54)34-20-21-36-37(26-34)51(9,10)29-50(36,7)8/h15-28H,29-30H2,1-14H3. The molecular weight excluding hydrogens is 721 g/mol. The topological polar surface area (TPSA) is 19.4 Å². The van der Waals surface area contributed by atoms with Crippen LogP contribution in [0.1, 0.15) is 143 Å². The number of benzene rings is 4. The lowest BCUT2D eigenvalue weighted by atomic mass is 9.36. The first-order valence-corrected chi connectivity index (χ1v) is 22.4. The van der Waals surface area contributed by atoms with Gasteiger partial charge in [0.05, 0.1) is 5.69 Å². The molecule has 0 fully saturated rings. The van der Waals surface area contributed by atoms with Crippen molar-refractivity contribution in [3.63, 3.8) is 0 Å². The number of hydrogen-bond donors (Lipinski definition) is 0. The molecule has 0 bridgehead atoms. The number of aromatic nitrogens is 1. The van der Waals surface area contributed by atoms with Crippen LogP contribution < -0.4 is 25.5 Å². The molecule has 2 aromatic heterocycles. The maximum atomic E-state index is 5.43. The molecule has 0 saturated heterocycles. The highest BCUT2D eigenvalue weighted by Gasteiger charge is 2.50. The van der Waals surface area contributed by atoms with E-state index in [0.29, 0.717) is 0 Å². The highest BCUT2D eigenvalue weighted by molar-refractivity contribution is 7.33. The molecule has 10 rings (SSSR count). The van der Waals surface area contributed by atoms with Crippen molar-refractivity contribution in [2.24, 2.45) is 0 Å². The van der Waals surface area contributed by atoms with Crippen LogP contribution in [0.5, 0.6) is 0 Å². The van der Waals surface area contributed by atoms with Gasteiger partial charge in [-0.15, -0.1) is 11.3 Å². The van der Waals surface area contributed by atoms with Crippen LogP contribution in [0, 0.1) is 0 Å². The maximum Gasteiger partial charge on any atom is 0.266 e. The van der Waals surface area contributed by atoms with E-state index < -0.39 is 0 Å². The summed E-state index contributed by atoms with van der Waals surface area (Å²) in [5, 5.41) is 1.32. The van der Waals surface area contributed by atoms with Crippen molar-refractivity contribution in [2.75, 3.05) is 9.80 Å². The van der Waals surface area contributed by atoms with E-state index in [4.69, 9.17) is 4.98 Å². The first-order valence-electron chi connectivity index (χ1n) is 21.6. The zero-order chi connectivity index (χ0) is 41.3. The van der Waals surface area contributed by atoms with Crippen LogP contribution in [-0.2, 0) is 32.5 Å². The van der Waals surface area contributed by atoms with Crippen molar-refractivity contribution < 1.29 is 0 Å². The van der Waals surface area contributed by atoms with Crippen molar-refractivity contribution in [3.05, 3.63) is 118 Å². The molecule has 4 aromatic carbocycles. The van der Waals surface area contributed by atoms with Crippen LogP contribution in [0.25, 0.3) is 10.1 Å². The molecule has 0 N–H and O–H groups in total. The van der Waals surface area contributed by atoms with Gasteiger partial charge in [-0.05, 0) is 138 Å². The molecule has 0 saturated carbocycles. The summed E-state index contributed by atoms with van der Waals surface area (Å²) in [6.45, 7) is 33.5. The zero-order valence-electron chi connectivity index (χ0n) is 37.3. The quantitative estimate of drug-likeness (QED) is 0.163. The summed E-state index contributed by atoms with van der Waals surface area (Å²) in [6, 6.07) is 31.5. The molecule has 4 heterocycles. The number of anilines is 6. The molecule has 3 nitrogen and oxygen atoms in total. The second kappa shape index (κ2) is 11.7. The van der Waals surface area contributed by atoms with E-state index in [-0.39, 0.29) is 39.2 Å². The highest BCUT2D eigenvalue weighted by atomic mass is 32.1. The summed E-state index contributed by atoms with van der Waals surface area (Å²) < 4.78 is 2.74. The van der Waals surface area contributed by atoms with Crippen LogP contribution in [0.3, 0.4) is 0 Å². The third kappa shape index (κ3) is 5.33. The second-order valence-electron chi connectivity index (χ2n) is 22.8. The molecule has 6 aromatic rings. The fourth-order valence-corrected chi connectivity index (χ4v) is 13.3. The number of nitrogens with zero attached hydrogens (tertiary/aromatic N) is 3. The Labute approximate surface area is 352 Å². The summed E-state index contributed by atoms with van der Waals surface area (Å²) in [4.78, 5) is 10.6. The van der Waals surface area contributed by atoms with Gasteiger partial charge in [-0.1, -0.05) is 127 Å². The van der Waals surface area contributed by atoms with Crippen LogP contribution in [0.2, 0.25) is 0 Å². The third-order valence-electron chi connectivity index (χ3n) is 14.4. The van der Waals surface area contributed by atoms with Gasteiger partial charge in [0.1, 0.15) is 5.82 Å². The van der Waals surface area contributed by atoms with Crippen molar-refractivity contribution >= 4 is 78.1 Å². The van der Waals surface area contributed by atoms with Crippen LogP contribution >= 0.6 is 11.3 Å². The first-order chi connectivity index (χ1) is 27.0. The largest absolute Gasteiger partial charge is 0.311 e. The van der Waals surface area contributed by atoms with E-state index in [9.17, 15) is 0 Å². The van der Waals surface area contributed by atoms with E-state index in [0.717, 1.165) is 24.3 Å². The summed E-state index contributed by atoms with van der Waals surface area (Å²) in [7, 11) is 0. The second-order valence-corrected chi connectivity index (χ2v) is 23.9. The minimum Gasteiger partial charge on any atom is -0.311 e. The minimum atomic E-state index is 0.0245. The Hall–Kier alpha value is -4.35. The lowest BCUT2D eigenvalue weighted by molar-refractivity contribution is 0.403. The lowest BCUT2D eigenvalue weighted by Gasteiger charge is -2.43. The van der Waals surface area contributed by atoms with Gasteiger partial charge in [0.15, 0.2) is 0 Å². The lowest BCUT2D eigenvalue weighted by Crippen LogP contribution is -2.61. The van der Waals surface area contributed by atoms with Crippen molar-refractivity contribution in [2.45, 2.75) is 142 Å². The van der Waals surface area contributed by atoms with Gasteiger partial charge in [-0.25, -0.2) is 4.98 Å². The molecule has 58 heavy (non-hydrogen) atoms. The van der Waals surface area contributed by atoms with Gasteiger partial charge in [0.25, 0.3) is 6.71 Å². The van der Waals surface area contributed by atoms with Gasteiger partial charge in [0.2, 0.25) is 0 Å². The first kappa shape index (κ1) is 37.9. The molecule has 2 aliphatic carbocycles. The number of fused-ring (bicyclic) bond motifs is 8. The summed E-state index contributed by atoms with van der Waals surface area (Å²) in [5.41, 5.74) is 18.0. The van der Waals surface area contributed by atoms with E-state index in [2.05, 4.69) is 192 Å². The molecule has 296 valence electrons. The molecule has 0 radical (unpaired) electrons. The molecule has 0 spiro atoms. The molecule has 0 amide bonds. The van der Waals surface area contributed by atoms with Crippen molar-refractivity contribution in [3.8, 4) is 0 Å². The van der Waals surface area contributed by atoms with Crippen LogP contribution in [0.4, 0.5) is 34.3 Å². The Morgan fingerprint density at radius 1 is 0.569 bits per heavy atom. The summed E-state index contributed by atoms with van der Waals surface area (Å²) in [6.07, 6.45) is 4.35. The van der Waals surface area contributed by atoms with E-state index in [1.165, 1.54) is 81.9 Å². The molecule has 5 heteroatoms. The predicted octanol–water partition coefficient (Wildman–Crippen LogP) is 12.9. The summed E-state index contributed by atoms with van der Waals surface area (Å²) in [5.74, 6) is 1.04. The Morgan fingerprint density at radius 2 is 1.14 bits per heavy atom. The molecule has 0 atom stereocenters. The number of hydrogen-bond acceptors (Lipinski definition) is 4. The minimum absolute atomic E-state index is 0.0245. The number of rotatable bonds is 2. The summed E-state index contributed by atoms with van der Waals surface area (Å²) >= 11 is 1.99. The Kier molecular flexibility index (Phi) is 7.63. The van der Waals surface area contributed by atoms with Gasteiger partial charge in [-0.2, -0.15) is 0 Å². The van der Waals surface area contributed by atoms with Crippen molar-refractivity contribution in [1.29, 1.82) is 0 Å².